The van der Waals surface area contributed by atoms with E-state index in [4.69, 9.17) is 14.2 Å². The number of alkyl halides is 3. The average Bonchev–Trinajstić information content (AvgIpc) is 2.79. The molecule has 6 nitrogen and oxygen atoms in total. The van der Waals surface area contributed by atoms with Gasteiger partial charge in [0, 0.05) is 25.2 Å². The van der Waals surface area contributed by atoms with Gasteiger partial charge < -0.3 is 19.5 Å². The Labute approximate surface area is 178 Å². The zero-order chi connectivity index (χ0) is 22.4. The van der Waals surface area contributed by atoms with Crippen molar-refractivity contribution in [2.45, 2.75) is 12.2 Å². The Hall–Kier alpha value is -2.78. The minimum atomic E-state index is -4.44. The van der Waals surface area contributed by atoms with E-state index in [1.165, 1.54) is 12.1 Å². The molecule has 0 saturated carbocycles. The van der Waals surface area contributed by atoms with Crippen molar-refractivity contribution in [1.29, 1.82) is 0 Å². The first-order valence-electron chi connectivity index (χ1n) is 9.82. The number of halogens is 3. The molecule has 2 aromatic rings. The van der Waals surface area contributed by atoms with Crippen molar-refractivity contribution in [1.82, 2.24) is 10.2 Å². The number of hydrogen-bond donors (Lipinski definition) is 1. The molecule has 0 spiro atoms. The highest BCUT2D eigenvalue weighted by molar-refractivity contribution is 5.94. The molecule has 0 aliphatic carbocycles. The lowest BCUT2D eigenvalue weighted by molar-refractivity contribution is -0.137. The number of nitrogens with one attached hydrogen (secondary N) is 1. The number of amides is 1. The van der Waals surface area contributed by atoms with Gasteiger partial charge in [-0.05, 0) is 42.0 Å². The summed E-state index contributed by atoms with van der Waals surface area (Å²) in [6.07, 6.45) is -4.44. The Kier molecular flexibility index (Phi) is 7.40. The molecule has 1 heterocycles. The SMILES string of the molecule is COc1ccc(C(CNC(=O)c2ccc(C(F)(F)F)cc2)N2CCOCC2)cc1OC. The van der Waals surface area contributed by atoms with Crippen LogP contribution in [0, 0.1) is 0 Å². The van der Waals surface area contributed by atoms with Crippen molar-refractivity contribution >= 4 is 5.91 Å². The van der Waals surface area contributed by atoms with Crippen LogP contribution in [0.2, 0.25) is 0 Å². The fraction of sp³-hybridized carbons (Fsp3) is 0.409. The number of rotatable bonds is 7. The Morgan fingerprint density at radius 2 is 1.71 bits per heavy atom. The number of benzene rings is 2. The maximum Gasteiger partial charge on any atom is 0.416 e. The lowest BCUT2D eigenvalue weighted by Crippen LogP contribution is -2.43. The van der Waals surface area contributed by atoms with Crippen LogP contribution in [0.3, 0.4) is 0 Å². The molecule has 1 amide bonds. The summed E-state index contributed by atoms with van der Waals surface area (Å²) in [5.74, 6) is 0.737. The van der Waals surface area contributed by atoms with E-state index in [0.29, 0.717) is 37.8 Å². The predicted octanol–water partition coefficient (Wildman–Crippen LogP) is 3.53. The van der Waals surface area contributed by atoms with E-state index in [0.717, 1.165) is 17.7 Å². The number of nitrogens with zero attached hydrogens (tertiary/aromatic N) is 1. The van der Waals surface area contributed by atoms with Crippen LogP contribution in [0.4, 0.5) is 13.2 Å². The van der Waals surface area contributed by atoms with Gasteiger partial charge in [0.1, 0.15) is 0 Å². The molecular formula is C22H25F3N2O4. The van der Waals surface area contributed by atoms with E-state index in [-0.39, 0.29) is 18.2 Å². The van der Waals surface area contributed by atoms with E-state index >= 15 is 0 Å². The van der Waals surface area contributed by atoms with Crippen LogP contribution in [0.15, 0.2) is 42.5 Å². The average molecular weight is 438 g/mol. The summed E-state index contributed by atoms with van der Waals surface area (Å²) in [6.45, 7) is 2.81. The second kappa shape index (κ2) is 10.0. The van der Waals surface area contributed by atoms with Crippen molar-refractivity contribution < 1.29 is 32.2 Å². The van der Waals surface area contributed by atoms with Gasteiger partial charge in [-0.1, -0.05) is 6.07 Å². The molecule has 1 atom stereocenters. The molecule has 1 unspecified atom stereocenters. The van der Waals surface area contributed by atoms with Gasteiger partial charge in [-0.25, -0.2) is 0 Å². The smallest absolute Gasteiger partial charge is 0.416 e. The van der Waals surface area contributed by atoms with E-state index in [1.807, 2.05) is 12.1 Å². The molecular weight excluding hydrogens is 413 g/mol. The Bertz CT molecular complexity index is 881. The van der Waals surface area contributed by atoms with Crippen molar-refractivity contribution in [2.75, 3.05) is 47.1 Å². The number of carbonyl (C=O) groups excluding carboxylic acids is 1. The predicted molar refractivity (Wildman–Crippen MR) is 108 cm³/mol. The highest BCUT2D eigenvalue weighted by Gasteiger charge is 2.30. The summed E-state index contributed by atoms with van der Waals surface area (Å²) in [5.41, 5.74) is 0.300. The third kappa shape index (κ3) is 5.68. The number of ether oxygens (including phenoxy) is 3. The zero-order valence-corrected chi connectivity index (χ0v) is 17.4. The van der Waals surface area contributed by atoms with E-state index in [9.17, 15) is 18.0 Å². The second-order valence-electron chi connectivity index (χ2n) is 7.06. The van der Waals surface area contributed by atoms with Gasteiger partial charge in [0.15, 0.2) is 11.5 Å². The summed E-state index contributed by atoms with van der Waals surface area (Å²) < 4.78 is 54.4. The fourth-order valence-electron chi connectivity index (χ4n) is 3.51. The molecule has 1 aliphatic heterocycles. The van der Waals surface area contributed by atoms with Gasteiger partial charge >= 0.3 is 6.18 Å². The van der Waals surface area contributed by atoms with Gasteiger partial charge in [0.25, 0.3) is 5.91 Å². The molecule has 0 radical (unpaired) electrons. The van der Waals surface area contributed by atoms with Crippen LogP contribution < -0.4 is 14.8 Å². The quantitative estimate of drug-likeness (QED) is 0.717. The standard InChI is InChI=1S/C22H25F3N2O4/c1-29-19-8-5-16(13-20(19)30-2)18(27-9-11-31-12-10-27)14-26-21(28)15-3-6-17(7-4-15)22(23,24)25/h3-8,13,18H,9-12,14H2,1-2H3,(H,26,28). The third-order valence-corrected chi connectivity index (χ3v) is 5.21. The molecule has 1 aliphatic rings. The maximum atomic E-state index is 12.7. The van der Waals surface area contributed by atoms with Crippen LogP contribution in [-0.2, 0) is 10.9 Å². The molecule has 1 fully saturated rings. The number of morpholine rings is 1. The van der Waals surface area contributed by atoms with Crippen LogP contribution in [0.5, 0.6) is 11.5 Å². The molecule has 9 heteroatoms. The highest BCUT2D eigenvalue weighted by Crippen LogP contribution is 2.32. The summed E-state index contributed by atoms with van der Waals surface area (Å²) in [6, 6.07) is 9.58. The Morgan fingerprint density at radius 1 is 1.06 bits per heavy atom. The molecule has 1 N–H and O–H groups in total. The summed E-state index contributed by atoms with van der Waals surface area (Å²) in [7, 11) is 3.11. The third-order valence-electron chi connectivity index (χ3n) is 5.21. The Morgan fingerprint density at radius 3 is 2.29 bits per heavy atom. The van der Waals surface area contributed by atoms with Gasteiger partial charge in [-0.3, -0.25) is 9.69 Å². The first kappa shape index (κ1) is 22.9. The van der Waals surface area contributed by atoms with Crippen LogP contribution in [0.1, 0.15) is 27.5 Å². The minimum Gasteiger partial charge on any atom is -0.493 e. The molecule has 3 rings (SSSR count). The van der Waals surface area contributed by atoms with E-state index < -0.39 is 17.6 Å². The number of carbonyl (C=O) groups is 1. The van der Waals surface area contributed by atoms with Crippen LogP contribution in [0.25, 0.3) is 0 Å². The van der Waals surface area contributed by atoms with Gasteiger partial charge in [-0.15, -0.1) is 0 Å². The first-order chi connectivity index (χ1) is 14.8. The zero-order valence-electron chi connectivity index (χ0n) is 17.4. The molecule has 0 aromatic heterocycles. The van der Waals surface area contributed by atoms with Crippen molar-refractivity contribution in [3.63, 3.8) is 0 Å². The Balaban J connectivity index is 1.77. The highest BCUT2D eigenvalue weighted by atomic mass is 19.4. The van der Waals surface area contributed by atoms with Gasteiger partial charge in [-0.2, -0.15) is 13.2 Å². The van der Waals surface area contributed by atoms with Crippen molar-refractivity contribution in [2.24, 2.45) is 0 Å². The summed E-state index contributed by atoms with van der Waals surface area (Å²) in [5, 5.41) is 2.84. The molecule has 168 valence electrons. The fourth-order valence-corrected chi connectivity index (χ4v) is 3.51. The summed E-state index contributed by atoms with van der Waals surface area (Å²) >= 11 is 0. The van der Waals surface area contributed by atoms with Gasteiger partial charge in [0.2, 0.25) is 0 Å². The molecule has 0 bridgehead atoms. The van der Waals surface area contributed by atoms with Crippen LogP contribution in [-0.4, -0.2) is 57.9 Å². The maximum absolute atomic E-state index is 12.7. The van der Waals surface area contributed by atoms with E-state index in [2.05, 4.69) is 10.2 Å². The van der Waals surface area contributed by atoms with Gasteiger partial charge in [0.05, 0.1) is 39.0 Å². The van der Waals surface area contributed by atoms with E-state index in [1.54, 1.807) is 20.3 Å². The van der Waals surface area contributed by atoms with Crippen LogP contribution >= 0.6 is 0 Å². The monoisotopic (exact) mass is 438 g/mol. The largest absolute Gasteiger partial charge is 0.493 e. The summed E-state index contributed by atoms with van der Waals surface area (Å²) in [4.78, 5) is 14.8. The molecule has 2 aromatic carbocycles. The second-order valence-corrected chi connectivity index (χ2v) is 7.06. The van der Waals surface area contributed by atoms with Crippen molar-refractivity contribution in [3.05, 3.63) is 59.2 Å². The van der Waals surface area contributed by atoms with Crippen molar-refractivity contribution in [3.8, 4) is 11.5 Å². The molecule has 1 saturated heterocycles. The first-order valence-corrected chi connectivity index (χ1v) is 9.82. The minimum absolute atomic E-state index is 0.165. The topological polar surface area (TPSA) is 60.0 Å². The molecule has 31 heavy (non-hydrogen) atoms. The normalized spacial score (nSPS) is 15.9. The lowest BCUT2D eigenvalue weighted by Gasteiger charge is -2.35. The number of hydrogen-bond acceptors (Lipinski definition) is 5. The number of methoxy groups -OCH3 is 2. The lowest BCUT2D eigenvalue weighted by atomic mass is 10.0.